The number of hydrogen-bond donors (Lipinski definition) is 3. The fourth-order valence-electron chi connectivity index (χ4n) is 3.58. The van der Waals surface area contributed by atoms with Crippen molar-refractivity contribution in [3.05, 3.63) is 53.6 Å². The van der Waals surface area contributed by atoms with E-state index < -0.39 is 5.97 Å². The lowest BCUT2D eigenvalue weighted by Crippen LogP contribution is -2.28. The molecule has 0 aromatic heterocycles. The highest BCUT2D eigenvalue weighted by atomic mass is 16.5. The minimum atomic E-state index is -0.858. The summed E-state index contributed by atoms with van der Waals surface area (Å²) in [4.78, 5) is 11.3. The quantitative estimate of drug-likeness (QED) is 0.573. The zero-order valence-electron chi connectivity index (χ0n) is 17.1. The van der Waals surface area contributed by atoms with Crippen molar-refractivity contribution in [2.45, 2.75) is 31.2 Å². The van der Waals surface area contributed by atoms with Gasteiger partial charge in [-0.1, -0.05) is 6.07 Å². The molecule has 0 spiro atoms. The van der Waals surface area contributed by atoms with Gasteiger partial charge in [0.2, 0.25) is 0 Å². The van der Waals surface area contributed by atoms with Crippen LogP contribution in [0.1, 0.15) is 36.3 Å². The summed E-state index contributed by atoms with van der Waals surface area (Å²) >= 11 is 0. The van der Waals surface area contributed by atoms with Gasteiger partial charge in [-0.25, -0.2) is 0 Å². The van der Waals surface area contributed by atoms with E-state index in [-0.39, 0.29) is 12.3 Å². The molecule has 0 radical (unpaired) electrons. The van der Waals surface area contributed by atoms with Gasteiger partial charge in [-0.15, -0.1) is 0 Å². The van der Waals surface area contributed by atoms with Crippen LogP contribution in [0.2, 0.25) is 0 Å². The lowest BCUT2D eigenvalue weighted by Gasteiger charge is -2.26. The van der Waals surface area contributed by atoms with Crippen LogP contribution < -0.4 is 10.6 Å². The molecule has 1 aliphatic rings. The Bertz CT molecular complexity index is 886. The molecule has 3 N–H and O–H groups in total. The van der Waals surface area contributed by atoms with Gasteiger partial charge in [0, 0.05) is 38.0 Å². The summed E-state index contributed by atoms with van der Waals surface area (Å²) in [5, 5.41) is 25.3. The van der Waals surface area contributed by atoms with Crippen molar-refractivity contribution in [1.82, 2.24) is 0 Å². The zero-order valence-corrected chi connectivity index (χ0v) is 17.1. The van der Waals surface area contributed by atoms with Crippen LogP contribution in [0.5, 0.6) is 0 Å². The number of methoxy groups -OCH3 is 1. The molecular weight excluding hydrogens is 382 g/mol. The molecule has 1 saturated heterocycles. The van der Waals surface area contributed by atoms with Gasteiger partial charge in [-0.05, 0) is 54.8 Å². The number of hydrogen-bond acceptors (Lipinski definition) is 6. The average molecular weight is 409 g/mol. The molecular formula is C23H27N3O4. The fourth-order valence-corrected chi connectivity index (χ4v) is 3.58. The Labute approximate surface area is 176 Å². The van der Waals surface area contributed by atoms with Crippen LogP contribution in [0.15, 0.2) is 42.5 Å². The molecule has 1 atom stereocenters. The monoisotopic (exact) mass is 409 g/mol. The first kappa shape index (κ1) is 21.6. The van der Waals surface area contributed by atoms with E-state index in [1.54, 1.807) is 19.2 Å². The normalized spacial score (nSPS) is 15.2. The highest BCUT2D eigenvalue weighted by Crippen LogP contribution is 2.32. The predicted molar refractivity (Wildman–Crippen MR) is 115 cm³/mol. The van der Waals surface area contributed by atoms with Gasteiger partial charge < -0.3 is 25.2 Å². The van der Waals surface area contributed by atoms with Crippen LogP contribution in [-0.2, 0) is 14.3 Å². The maximum Gasteiger partial charge on any atom is 0.304 e. The number of nitriles is 1. The largest absolute Gasteiger partial charge is 0.481 e. The summed E-state index contributed by atoms with van der Waals surface area (Å²) < 4.78 is 10.7. The Morgan fingerprint density at radius 2 is 1.97 bits per heavy atom. The smallest absolute Gasteiger partial charge is 0.304 e. The van der Waals surface area contributed by atoms with Crippen LogP contribution in [0.4, 0.5) is 17.1 Å². The Morgan fingerprint density at radius 1 is 1.23 bits per heavy atom. The molecule has 7 heteroatoms. The first-order valence-electron chi connectivity index (χ1n) is 10.0. The van der Waals surface area contributed by atoms with E-state index in [9.17, 15) is 9.90 Å². The molecule has 3 rings (SSSR count). The van der Waals surface area contributed by atoms with Gasteiger partial charge in [0.05, 0.1) is 36.0 Å². The number of carboxylic acid groups (broad SMARTS) is 1. The van der Waals surface area contributed by atoms with Crippen molar-refractivity contribution in [2.24, 2.45) is 0 Å². The second kappa shape index (κ2) is 10.6. The molecule has 158 valence electrons. The van der Waals surface area contributed by atoms with E-state index in [0.717, 1.165) is 48.7 Å². The van der Waals surface area contributed by atoms with Crippen molar-refractivity contribution in [3.8, 4) is 6.07 Å². The molecule has 1 fully saturated rings. The number of ether oxygens (including phenoxy) is 2. The van der Waals surface area contributed by atoms with Gasteiger partial charge in [-0.2, -0.15) is 5.26 Å². The molecule has 0 saturated carbocycles. The van der Waals surface area contributed by atoms with Gasteiger partial charge >= 0.3 is 5.97 Å². The van der Waals surface area contributed by atoms with E-state index >= 15 is 0 Å². The summed E-state index contributed by atoms with van der Waals surface area (Å²) in [5.74, 6) is -1.10. The van der Waals surface area contributed by atoms with Crippen LogP contribution in [-0.4, -0.2) is 44.0 Å². The second-order valence-corrected chi connectivity index (χ2v) is 7.40. The van der Waals surface area contributed by atoms with Crippen molar-refractivity contribution in [1.29, 1.82) is 5.26 Å². The molecule has 7 nitrogen and oxygen atoms in total. The standard InChI is InChI=1S/C23H27N3O4/c1-29-15-18(13-23(27)28)17-4-7-21(25-20-8-10-30-11-9-20)22(12-17)26-19-5-2-16(14-24)3-6-19/h2-7,12,18,20,25-26H,8-11,13,15H2,1H3,(H,27,28). The van der Waals surface area contributed by atoms with Gasteiger partial charge in [-0.3, -0.25) is 4.79 Å². The maximum atomic E-state index is 11.3. The first-order chi connectivity index (χ1) is 14.6. The van der Waals surface area contributed by atoms with Crippen LogP contribution in [0.3, 0.4) is 0 Å². The highest BCUT2D eigenvalue weighted by Gasteiger charge is 2.19. The average Bonchev–Trinajstić information content (AvgIpc) is 2.75. The molecule has 0 aliphatic carbocycles. The van der Waals surface area contributed by atoms with E-state index in [1.165, 1.54) is 0 Å². The molecule has 1 unspecified atom stereocenters. The van der Waals surface area contributed by atoms with Gasteiger partial charge in [0.15, 0.2) is 0 Å². The lowest BCUT2D eigenvalue weighted by atomic mass is 9.95. The molecule has 30 heavy (non-hydrogen) atoms. The Kier molecular flexibility index (Phi) is 7.66. The SMILES string of the molecule is COCC(CC(=O)O)c1ccc(NC2CCOCC2)c(Nc2ccc(C#N)cc2)c1. The molecule has 0 amide bonds. The van der Waals surface area contributed by atoms with E-state index in [0.29, 0.717) is 18.2 Å². The van der Waals surface area contributed by atoms with Crippen molar-refractivity contribution in [3.63, 3.8) is 0 Å². The number of carboxylic acids is 1. The summed E-state index contributed by atoms with van der Waals surface area (Å²) in [6.07, 6.45) is 1.86. The highest BCUT2D eigenvalue weighted by molar-refractivity contribution is 5.76. The van der Waals surface area contributed by atoms with Crippen LogP contribution in [0.25, 0.3) is 0 Å². The number of aliphatic carboxylic acids is 1. The summed E-state index contributed by atoms with van der Waals surface area (Å²) in [6, 6.07) is 15.6. The van der Waals surface area contributed by atoms with E-state index in [4.69, 9.17) is 14.7 Å². The van der Waals surface area contributed by atoms with Crippen molar-refractivity contribution in [2.75, 3.05) is 37.6 Å². The third-order valence-electron chi connectivity index (χ3n) is 5.18. The summed E-state index contributed by atoms with van der Waals surface area (Å²) in [5.41, 5.74) is 4.14. The third-order valence-corrected chi connectivity index (χ3v) is 5.18. The first-order valence-corrected chi connectivity index (χ1v) is 10.0. The summed E-state index contributed by atoms with van der Waals surface area (Å²) in [6.45, 7) is 1.81. The number of nitrogens with zero attached hydrogens (tertiary/aromatic N) is 1. The number of anilines is 3. The van der Waals surface area contributed by atoms with E-state index in [1.807, 2.05) is 30.3 Å². The predicted octanol–water partition coefficient (Wildman–Crippen LogP) is 4.10. The lowest BCUT2D eigenvalue weighted by molar-refractivity contribution is -0.137. The topological polar surface area (TPSA) is 104 Å². The minimum Gasteiger partial charge on any atom is -0.481 e. The molecule has 2 aromatic rings. The fraction of sp³-hybridized carbons (Fsp3) is 0.391. The molecule has 1 heterocycles. The minimum absolute atomic E-state index is 0.00309. The second-order valence-electron chi connectivity index (χ2n) is 7.40. The van der Waals surface area contributed by atoms with Crippen molar-refractivity contribution < 1.29 is 19.4 Å². The number of rotatable bonds is 9. The van der Waals surface area contributed by atoms with Gasteiger partial charge in [0.1, 0.15) is 0 Å². The van der Waals surface area contributed by atoms with Crippen molar-refractivity contribution >= 4 is 23.0 Å². The maximum absolute atomic E-state index is 11.3. The Morgan fingerprint density at radius 3 is 2.60 bits per heavy atom. The third kappa shape index (κ3) is 5.96. The van der Waals surface area contributed by atoms with E-state index in [2.05, 4.69) is 16.7 Å². The van der Waals surface area contributed by atoms with Gasteiger partial charge in [0.25, 0.3) is 0 Å². The number of benzene rings is 2. The Hall–Kier alpha value is -3.08. The molecule has 2 aromatic carbocycles. The zero-order chi connectivity index (χ0) is 21.3. The number of nitrogens with one attached hydrogen (secondary N) is 2. The van der Waals surface area contributed by atoms with Crippen LogP contribution in [0, 0.1) is 11.3 Å². The molecule has 1 aliphatic heterocycles. The summed E-state index contributed by atoms with van der Waals surface area (Å²) in [7, 11) is 1.58. The van der Waals surface area contributed by atoms with Crippen LogP contribution >= 0.6 is 0 Å². The Balaban J connectivity index is 1.89. The number of carbonyl (C=O) groups is 1. The molecule has 0 bridgehead atoms.